The second kappa shape index (κ2) is 5.17. The molecule has 2 saturated heterocycles. The van der Waals surface area contributed by atoms with Crippen molar-refractivity contribution in [2.75, 3.05) is 26.2 Å². The zero-order valence-corrected chi connectivity index (χ0v) is 10.5. The molecule has 2 rings (SSSR count). The van der Waals surface area contributed by atoms with Crippen LogP contribution >= 0.6 is 0 Å². The summed E-state index contributed by atoms with van der Waals surface area (Å²) in [5, 5.41) is 3.33. The zero-order chi connectivity index (χ0) is 11.5. The predicted octanol–water partition coefficient (Wildman–Crippen LogP) is 1.49. The third kappa shape index (κ3) is 2.76. The molecule has 2 aliphatic heterocycles. The Bertz CT molecular complexity index is 248. The lowest BCUT2D eigenvalue weighted by molar-refractivity contribution is -0.134. The van der Waals surface area contributed by atoms with Gasteiger partial charge in [0.2, 0.25) is 5.91 Å². The number of piperidine rings is 1. The molecular formula is C13H24N2O. The topological polar surface area (TPSA) is 32.3 Å². The minimum Gasteiger partial charge on any atom is -0.342 e. The van der Waals surface area contributed by atoms with Gasteiger partial charge in [-0.2, -0.15) is 0 Å². The van der Waals surface area contributed by atoms with Crippen LogP contribution in [0.1, 0.15) is 33.1 Å². The Balaban J connectivity index is 1.80. The summed E-state index contributed by atoms with van der Waals surface area (Å²) in [5.74, 6) is 2.41. The van der Waals surface area contributed by atoms with Gasteiger partial charge in [0, 0.05) is 19.5 Å². The molecule has 3 unspecified atom stereocenters. The van der Waals surface area contributed by atoms with E-state index < -0.39 is 0 Å². The lowest BCUT2D eigenvalue weighted by atomic mass is 9.88. The molecule has 3 heteroatoms. The van der Waals surface area contributed by atoms with Crippen molar-refractivity contribution in [1.29, 1.82) is 0 Å². The summed E-state index contributed by atoms with van der Waals surface area (Å²) < 4.78 is 0. The van der Waals surface area contributed by atoms with Crippen LogP contribution in [0.25, 0.3) is 0 Å². The highest BCUT2D eigenvalue weighted by molar-refractivity contribution is 5.76. The molecule has 2 fully saturated rings. The number of hydrogen-bond donors (Lipinski definition) is 1. The number of hydrogen-bond acceptors (Lipinski definition) is 2. The number of likely N-dealkylation sites (tertiary alicyclic amines) is 1. The Morgan fingerprint density at radius 3 is 2.75 bits per heavy atom. The van der Waals surface area contributed by atoms with Gasteiger partial charge in [0.25, 0.3) is 0 Å². The first-order chi connectivity index (χ1) is 7.66. The van der Waals surface area contributed by atoms with Gasteiger partial charge in [0.05, 0.1) is 0 Å². The van der Waals surface area contributed by atoms with Gasteiger partial charge in [-0.15, -0.1) is 0 Å². The van der Waals surface area contributed by atoms with E-state index in [0.717, 1.165) is 38.5 Å². The van der Waals surface area contributed by atoms with Crippen LogP contribution in [0.3, 0.4) is 0 Å². The van der Waals surface area contributed by atoms with E-state index in [1.165, 1.54) is 12.8 Å². The maximum absolute atomic E-state index is 12.1. The fourth-order valence-electron chi connectivity index (χ4n) is 2.75. The van der Waals surface area contributed by atoms with E-state index in [2.05, 4.69) is 24.1 Å². The first kappa shape index (κ1) is 11.9. The summed E-state index contributed by atoms with van der Waals surface area (Å²) in [6.07, 6.45) is 3.11. The van der Waals surface area contributed by atoms with Crippen molar-refractivity contribution in [2.24, 2.45) is 17.8 Å². The van der Waals surface area contributed by atoms with E-state index in [0.29, 0.717) is 17.7 Å². The largest absolute Gasteiger partial charge is 0.342 e. The van der Waals surface area contributed by atoms with Crippen molar-refractivity contribution in [2.45, 2.75) is 33.1 Å². The number of nitrogens with zero attached hydrogens (tertiary/aromatic N) is 1. The Kier molecular flexibility index (Phi) is 3.85. The summed E-state index contributed by atoms with van der Waals surface area (Å²) in [6.45, 7) is 8.64. The predicted molar refractivity (Wildman–Crippen MR) is 65.1 cm³/mol. The van der Waals surface area contributed by atoms with Gasteiger partial charge < -0.3 is 10.2 Å². The monoisotopic (exact) mass is 224 g/mol. The summed E-state index contributed by atoms with van der Waals surface area (Å²) in [7, 11) is 0. The molecule has 92 valence electrons. The number of carbonyl (C=O) groups excluding carboxylic acids is 1. The lowest BCUT2D eigenvalue weighted by Gasteiger charge is -2.35. The molecule has 1 N–H and O–H groups in total. The number of carbonyl (C=O) groups is 1. The fraction of sp³-hybridized carbons (Fsp3) is 0.923. The van der Waals surface area contributed by atoms with Gasteiger partial charge in [-0.1, -0.05) is 13.8 Å². The van der Waals surface area contributed by atoms with Crippen molar-refractivity contribution >= 4 is 5.91 Å². The van der Waals surface area contributed by atoms with Crippen LogP contribution in [0.4, 0.5) is 0 Å². The molecule has 16 heavy (non-hydrogen) atoms. The standard InChI is InChI=1S/C13H24N2O/c1-10-4-6-15(9-11(10)2)13(16)7-12-3-5-14-8-12/h10-12,14H,3-9H2,1-2H3. The second-order valence-corrected chi connectivity index (χ2v) is 5.65. The molecule has 0 bridgehead atoms. The van der Waals surface area contributed by atoms with E-state index in [-0.39, 0.29) is 0 Å². The molecule has 0 saturated carbocycles. The summed E-state index contributed by atoms with van der Waals surface area (Å²) in [4.78, 5) is 14.2. The number of amides is 1. The molecular weight excluding hydrogens is 200 g/mol. The average Bonchev–Trinajstić information content (AvgIpc) is 2.74. The van der Waals surface area contributed by atoms with Crippen LogP contribution in [0, 0.1) is 17.8 Å². The molecule has 3 nitrogen and oxygen atoms in total. The minimum absolute atomic E-state index is 0.382. The molecule has 3 atom stereocenters. The zero-order valence-electron chi connectivity index (χ0n) is 10.5. The van der Waals surface area contributed by atoms with Crippen LogP contribution in [-0.2, 0) is 4.79 Å². The van der Waals surface area contributed by atoms with Gasteiger partial charge >= 0.3 is 0 Å². The Labute approximate surface area is 98.6 Å². The van der Waals surface area contributed by atoms with Gasteiger partial charge in [0.15, 0.2) is 0 Å². The van der Waals surface area contributed by atoms with Crippen molar-refractivity contribution in [3.63, 3.8) is 0 Å². The van der Waals surface area contributed by atoms with Crippen LogP contribution < -0.4 is 5.32 Å². The molecule has 2 aliphatic rings. The van der Waals surface area contributed by atoms with Crippen LogP contribution in [0.5, 0.6) is 0 Å². The van der Waals surface area contributed by atoms with Crippen molar-refractivity contribution < 1.29 is 4.79 Å². The normalized spacial score (nSPS) is 35.4. The molecule has 0 aromatic rings. The molecule has 0 aromatic heterocycles. The summed E-state index contributed by atoms with van der Waals surface area (Å²) >= 11 is 0. The maximum Gasteiger partial charge on any atom is 0.222 e. The van der Waals surface area contributed by atoms with Gasteiger partial charge in [-0.25, -0.2) is 0 Å². The molecule has 2 heterocycles. The Morgan fingerprint density at radius 1 is 1.31 bits per heavy atom. The van der Waals surface area contributed by atoms with E-state index in [1.807, 2.05) is 0 Å². The van der Waals surface area contributed by atoms with Crippen molar-refractivity contribution in [1.82, 2.24) is 10.2 Å². The SMILES string of the molecule is CC1CCN(C(=O)CC2CCNC2)CC1C. The minimum atomic E-state index is 0.382. The Hall–Kier alpha value is -0.570. The highest BCUT2D eigenvalue weighted by Crippen LogP contribution is 2.24. The maximum atomic E-state index is 12.1. The van der Waals surface area contributed by atoms with E-state index >= 15 is 0 Å². The highest BCUT2D eigenvalue weighted by atomic mass is 16.2. The Morgan fingerprint density at radius 2 is 2.12 bits per heavy atom. The quantitative estimate of drug-likeness (QED) is 0.771. The fourth-order valence-corrected chi connectivity index (χ4v) is 2.75. The van der Waals surface area contributed by atoms with Crippen LogP contribution in [0.2, 0.25) is 0 Å². The van der Waals surface area contributed by atoms with Crippen molar-refractivity contribution in [3.8, 4) is 0 Å². The van der Waals surface area contributed by atoms with Crippen LogP contribution in [0.15, 0.2) is 0 Å². The smallest absolute Gasteiger partial charge is 0.222 e. The molecule has 1 amide bonds. The van der Waals surface area contributed by atoms with E-state index in [9.17, 15) is 4.79 Å². The molecule has 0 spiro atoms. The number of nitrogens with one attached hydrogen (secondary N) is 1. The third-order valence-corrected chi connectivity index (χ3v) is 4.31. The second-order valence-electron chi connectivity index (χ2n) is 5.65. The van der Waals surface area contributed by atoms with Crippen molar-refractivity contribution in [3.05, 3.63) is 0 Å². The average molecular weight is 224 g/mol. The molecule has 0 aromatic carbocycles. The summed E-state index contributed by atoms with van der Waals surface area (Å²) in [6, 6.07) is 0. The first-order valence-corrected chi connectivity index (χ1v) is 6.65. The summed E-state index contributed by atoms with van der Waals surface area (Å²) in [5.41, 5.74) is 0. The van der Waals surface area contributed by atoms with Gasteiger partial charge in [-0.05, 0) is 43.7 Å². The molecule has 0 aliphatic carbocycles. The third-order valence-electron chi connectivity index (χ3n) is 4.31. The highest BCUT2D eigenvalue weighted by Gasteiger charge is 2.27. The van der Waals surface area contributed by atoms with E-state index in [1.54, 1.807) is 0 Å². The lowest BCUT2D eigenvalue weighted by Crippen LogP contribution is -2.42. The first-order valence-electron chi connectivity index (χ1n) is 6.65. The van der Waals surface area contributed by atoms with Crippen LogP contribution in [-0.4, -0.2) is 37.0 Å². The van der Waals surface area contributed by atoms with Gasteiger partial charge in [-0.3, -0.25) is 4.79 Å². The number of rotatable bonds is 2. The van der Waals surface area contributed by atoms with E-state index in [4.69, 9.17) is 0 Å². The molecule has 0 radical (unpaired) electrons. The van der Waals surface area contributed by atoms with Gasteiger partial charge in [0.1, 0.15) is 0 Å².